The van der Waals surface area contributed by atoms with Crippen LogP contribution in [0.5, 0.6) is 0 Å². The third kappa shape index (κ3) is 6.08. The van der Waals surface area contributed by atoms with E-state index in [0.717, 1.165) is 17.3 Å². The number of carbonyl (C=O) groups excluding carboxylic acids is 1. The molecule has 0 bridgehead atoms. The highest BCUT2D eigenvalue weighted by Crippen LogP contribution is 2.16. The Morgan fingerprint density at radius 2 is 1.96 bits per heavy atom. The zero-order valence-electron chi connectivity index (χ0n) is 16.0. The van der Waals surface area contributed by atoms with Crippen LogP contribution in [0, 0.1) is 5.92 Å². The number of rotatable bonds is 10. The van der Waals surface area contributed by atoms with E-state index in [-0.39, 0.29) is 17.4 Å². The Kier molecular flexibility index (Phi) is 8.08. The zero-order chi connectivity index (χ0) is 20.7. The maximum absolute atomic E-state index is 12.6. The van der Waals surface area contributed by atoms with E-state index in [1.807, 2.05) is 0 Å². The molecule has 0 saturated heterocycles. The summed E-state index contributed by atoms with van der Waals surface area (Å²) in [5.74, 6) is -0.574. The number of hydrogen-bond acceptors (Lipinski definition) is 7. The van der Waals surface area contributed by atoms with Crippen LogP contribution in [0.2, 0.25) is 0 Å². The molecule has 0 aliphatic carbocycles. The molecular weight excluding hydrogens is 450 g/mol. The second-order valence-corrected chi connectivity index (χ2v) is 9.21. The molecule has 11 heteroatoms. The van der Waals surface area contributed by atoms with Crippen molar-refractivity contribution >= 4 is 31.9 Å². The number of unbranched alkanes of at least 4 members (excludes halogenated alkanes) is 1. The number of nitrogens with zero attached hydrogens (tertiary/aromatic N) is 4. The van der Waals surface area contributed by atoms with E-state index in [4.69, 9.17) is 4.74 Å². The average Bonchev–Trinajstić information content (AvgIpc) is 3.10. The van der Waals surface area contributed by atoms with Gasteiger partial charge < -0.3 is 4.74 Å². The van der Waals surface area contributed by atoms with E-state index < -0.39 is 22.0 Å². The Balaban J connectivity index is 2.06. The van der Waals surface area contributed by atoms with Crippen LogP contribution < -0.4 is 4.72 Å². The van der Waals surface area contributed by atoms with Crippen molar-refractivity contribution < 1.29 is 17.9 Å². The first-order valence-corrected chi connectivity index (χ1v) is 11.2. The minimum atomic E-state index is -3.88. The van der Waals surface area contributed by atoms with Crippen LogP contribution in [0.1, 0.15) is 39.4 Å². The molecule has 0 fully saturated rings. The average molecular weight is 474 g/mol. The Morgan fingerprint density at radius 1 is 1.29 bits per heavy atom. The van der Waals surface area contributed by atoms with Crippen LogP contribution in [0.3, 0.4) is 0 Å². The van der Waals surface area contributed by atoms with Gasteiger partial charge in [0.15, 0.2) is 12.4 Å². The molecule has 0 saturated carbocycles. The van der Waals surface area contributed by atoms with E-state index in [2.05, 4.69) is 43.1 Å². The lowest BCUT2D eigenvalue weighted by molar-refractivity contribution is -0.148. The summed E-state index contributed by atoms with van der Waals surface area (Å²) in [6.07, 6.45) is 1.87. The number of sulfonamides is 1. The third-order valence-corrected chi connectivity index (χ3v) is 5.99. The fraction of sp³-hybridized carbons (Fsp3) is 0.529. The predicted octanol–water partition coefficient (Wildman–Crippen LogP) is 2.28. The highest BCUT2D eigenvalue weighted by molar-refractivity contribution is 9.10. The van der Waals surface area contributed by atoms with Gasteiger partial charge in [-0.1, -0.05) is 43.1 Å². The number of nitrogens with one attached hydrogen (secondary N) is 1. The van der Waals surface area contributed by atoms with Crippen molar-refractivity contribution in [3.8, 4) is 0 Å². The molecule has 2 aromatic rings. The Labute approximate surface area is 173 Å². The van der Waals surface area contributed by atoms with Crippen molar-refractivity contribution in [3.05, 3.63) is 34.6 Å². The van der Waals surface area contributed by atoms with Crippen LogP contribution in [-0.4, -0.2) is 40.6 Å². The number of aryl methyl sites for hydroxylation is 1. The Morgan fingerprint density at radius 3 is 2.57 bits per heavy atom. The number of halogens is 1. The van der Waals surface area contributed by atoms with Crippen LogP contribution >= 0.6 is 15.9 Å². The smallest absolute Gasteiger partial charge is 0.324 e. The number of esters is 1. The standard InChI is InChI=1S/C17H24BrN5O4S/c1-4-5-10-23-15(19-21-22-23)11-27-17(24)16(12(2)3)20-28(25,26)14-8-6-13(18)7-9-14/h6-9,12,16,20H,4-5,10-11H2,1-3H3. The maximum atomic E-state index is 12.6. The van der Waals surface area contributed by atoms with Crippen LogP contribution in [-0.2, 0) is 32.7 Å². The van der Waals surface area contributed by atoms with Gasteiger partial charge >= 0.3 is 5.97 Å². The summed E-state index contributed by atoms with van der Waals surface area (Å²) in [6.45, 7) is 6.02. The lowest BCUT2D eigenvalue weighted by atomic mass is 10.1. The molecule has 0 aliphatic rings. The van der Waals surface area contributed by atoms with Crippen LogP contribution in [0.15, 0.2) is 33.6 Å². The van der Waals surface area contributed by atoms with Crippen LogP contribution in [0.25, 0.3) is 0 Å². The number of carbonyl (C=O) groups is 1. The molecule has 1 heterocycles. The molecule has 154 valence electrons. The number of ether oxygens (including phenoxy) is 1. The molecule has 1 aromatic heterocycles. The van der Waals surface area contributed by atoms with Crippen LogP contribution in [0.4, 0.5) is 0 Å². The van der Waals surface area contributed by atoms with Gasteiger partial charge in [0.25, 0.3) is 0 Å². The maximum Gasteiger partial charge on any atom is 0.324 e. The fourth-order valence-corrected chi connectivity index (χ4v) is 3.94. The summed E-state index contributed by atoms with van der Waals surface area (Å²) < 4.78 is 35.3. The molecule has 28 heavy (non-hydrogen) atoms. The molecule has 1 unspecified atom stereocenters. The number of tetrazole rings is 1. The molecular formula is C17H24BrN5O4S. The molecule has 0 radical (unpaired) electrons. The van der Waals surface area contributed by atoms with Gasteiger partial charge in [0.1, 0.15) is 6.04 Å². The largest absolute Gasteiger partial charge is 0.456 e. The molecule has 0 amide bonds. The molecule has 0 aliphatic heterocycles. The van der Waals surface area contributed by atoms with E-state index in [0.29, 0.717) is 12.4 Å². The van der Waals surface area contributed by atoms with E-state index in [1.165, 1.54) is 12.1 Å². The van der Waals surface area contributed by atoms with Gasteiger partial charge in [-0.25, -0.2) is 13.1 Å². The minimum Gasteiger partial charge on any atom is -0.456 e. The molecule has 1 atom stereocenters. The van der Waals surface area contributed by atoms with Gasteiger partial charge in [-0.2, -0.15) is 4.72 Å². The Bertz CT molecular complexity index is 883. The second kappa shape index (κ2) is 10.1. The summed E-state index contributed by atoms with van der Waals surface area (Å²) in [5.41, 5.74) is 0. The first-order chi connectivity index (χ1) is 13.2. The normalized spacial score (nSPS) is 12.9. The topological polar surface area (TPSA) is 116 Å². The molecule has 2 rings (SSSR count). The summed E-state index contributed by atoms with van der Waals surface area (Å²) in [7, 11) is -3.88. The number of aromatic nitrogens is 4. The van der Waals surface area contributed by atoms with E-state index >= 15 is 0 Å². The van der Waals surface area contributed by atoms with Crippen molar-refractivity contribution in [1.82, 2.24) is 24.9 Å². The quantitative estimate of drug-likeness (QED) is 0.525. The highest BCUT2D eigenvalue weighted by atomic mass is 79.9. The lowest BCUT2D eigenvalue weighted by Crippen LogP contribution is -2.45. The van der Waals surface area contributed by atoms with E-state index in [9.17, 15) is 13.2 Å². The SMILES string of the molecule is CCCCn1nnnc1COC(=O)C(NS(=O)(=O)c1ccc(Br)cc1)C(C)C. The lowest BCUT2D eigenvalue weighted by Gasteiger charge is -2.20. The third-order valence-electron chi connectivity index (χ3n) is 4.00. The van der Waals surface area contributed by atoms with E-state index in [1.54, 1.807) is 30.7 Å². The minimum absolute atomic E-state index is 0.0673. The molecule has 1 N–H and O–H groups in total. The summed E-state index contributed by atoms with van der Waals surface area (Å²) in [6, 6.07) is 5.11. The van der Waals surface area contributed by atoms with Crippen molar-refractivity contribution in [2.45, 2.75) is 57.7 Å². The molecule has 0 spiro atoms. The number of benzene rings is 1. The summed E-state index contributed by atoms with van der Waals surface area (Å²) in [5, 5.41) is 11.3. The number of hydrogen-bond donors (Lipinski definition) is 1. The predicted molar refractivity (Wildman–Crippen MR) is 106 cm³/mol. The van der Waals surface area contributed by atoms with Crippen molar-refractivity contribution in [2.75, 3.05) is 0 Å². The van der Waals surface area contributed by atoms with Crippen molar-refractivity contribution in [1.29, 1.82) is 0 Å². The molecule has 9 nitrogen and oxygen atoms in total. The Hall–Kier alpha value is -1.85. The molecule has 1 aromatic carbocycles. The fourth-order valence-electron chi connectivity index (χ4n) is 2.34. The van der Waals surface area contributed by atoms with Gasteiger partial charge in [-0.3, -0.25) is 4.79 Å². The highest BCUT2D eigenvalue weighted by Gasteiger charge is 2.30. The van der Waals surface area contributed by atoms with Crippen molar-refractivity contribution in [3.63, 3.8) is 0 Å². The zero-order valence-corrected chi connectivity index (χ0v) is 18.4. The van der Waals surface area contributed by atoms with Gasteiger partial charge in [0, 0.05) is 11.0 Å². The van der Waals surface area contributed by atoms with Gasteiger partial charge in [-0.05, 0) is 47.0 Å². The first-order valence-electron chi connectivity index (χ1n) is 8.94. The first kappa shape index (κ1) is 22.4. The monoisotopic (exact) mass is 473 g/mol. The summed E-state index contributed by atoms with van der Waals surface area (Å²) in [4.78, 5) is 12.6. The summed E-state index contributed by atoms with van der Waals surface area (Å²) >= 11 is 3.26. The van der Waals surface area contributed by atoms with Gasteiger partial charge in [0.2, 0.25) is 10.0 Å². The van der Waals surface area contributed by atoms with Crippen molar-refractivity contribution in [2.24, 2.45) is 5.92 Å². The van der Waals surface area contributed by atoms with Gasteiger partial charge in [-0.15, -0.1) is 5.10 Å². The second-order valence-electron chi connectivity index (χ2n) is 6.58. The van der Waals surface area contributed by atoms with Gasteiger partial charge in [0.05, 0.1) is 4.90 Å².